The molecule has 96 valence electrons. The number of hydrogen-bond acceptors (Lipinski definition) is 2. The van der Waals surface area contributed by atoms with Gasteiger partial charge in [0.15, 0.2) is 0 Å². The Morgan fingerprint density at radius 2 is 2.22 bits per heavy atom. The molecule has 1 aliphatic carbocycles. The van der Waals surface area contributed by atoms with Crippen molar-refractivity contribution in [1.29, 1.82) is 0 Å². The molecule has 0 heterocycles. The summed E-state index contributed by atoms with van der Waals surface area (Å²) in [6, 6.07) is 4.77. The van der Waals surface area contributed by atoms with Crippen molar-refractivity contribution >= 4 is 0 Å². The van der Waals surface area contributed by atoms with E-state index < -0.39 is 0 Å². The summed E-state index contributed by atoms with van der Waals surface area (Å²) < 4.78 is 18.9. The number of rotatable bonds is 5. The van der Waals surface area contributed by atoms with Crippen LogP contribution in [0.25, 0.3) is 0 Å². The Bertz CT molecular complexity index is 455. The number of aliphatic hydroxyl groups excluding tert-OH is 1. The van der Waals surface area contributed by atoms with E-state index in [-0.39, 0.29) is 12.4 Å². The Morgan fingerprint density at radius 1 is 1.39 bits per heavy atom. The molecule has 3 heteroatoms. The van der Waals surface area contributed by atoms with Gasteiger partial charge in [0.2, 0.25) is 0 Å². The summed E-state index contributed by atoms with van der Waals surface area (Å²) >= 11 is 0. The van der Waals surface area contributed by atoms with Crippen molar-refractivity contribution in [2.75, 3.05) is 13.2 Å². The monoisotopic (exact) mass is 248 g/mol. The number of aliphatic hydroxyl groups is 1. The molecule has 0 saturated heterocycles. The fourth-order valence-corrected chi connectivity index (χ4v) is 1.74. The minimum atomic E-state index is -0.363. The van der Waals surface area contributed by atoms with E-state index in [9.17, 15) is 4.39 Å². The third-order valence-corrected chi connectivity index (χ3v) is 2.97. The van der Waals surface area contributed by atoms with Gasteiger partial charge in [0, 0.05) is 6.61 Å². The molecule has 0 bridgehead atoms. The third-order valence-electron chi connectivity index (χ3n) is 2.97. The maximum atomic E-state index is 13.4. The van der Waals surface area contributed by atoms with Gasteiger partial charge in [-0.25, -0.2) is 4.39 Å². The van der Waals surface area contributed by atoms with Gasteiger partial charge in [-0.15, -0.1) is 0 Å². The highest BCUT2D eigenvalue weighted by molar-refractivity contribution is 5.38. The molecular weight excluding hydrogens is 231 g/mol. The van der Waals surface area contributed by atoms with Gasteiger partial charge in [-0.3, -0.25) is 0 Å². The molecule has 1 aromatic carbocycles. The van der Waals surface area contributed by atoms with Gasteiger partial charge in [0.05, 0.1) is 12.2 Å². The predicted octanol–water partition coefficient (Wildman–Crippen LogP) is 2.49. The Labute approximate surface area is 107 Å². The first-order chi connectivity index (χ1) is 8.79. The van der Waals surface area contributed by atoms with Crippen LogP contribution in [-0.2, 0) is 11.3 Å². The van der Waals surface area contributed by atoms with E-state index in [0.717, 1.165) is 24.5 Å². The molecule has 1 N–H and O–H groups in total. The van der Waals surface area contributed by atoms with Crippen molar-refractivity contribution in [2.24, 2.45) is 5.92 Å². The van der Waals surface area contributed by atoms with Crippen molar-refractivity contribution in [2.45, 2.75) is 25.9 Å². The summed E-state index contributed by atoms with van der Waals surface area (Å²) in [7, 11) is 0. The largest absolute Gasteiger partial charge is 0.384 e. The third kappa shape index (κ3) is 4.14. The zero-order valence-electron chi connectivity index (χ0n) is 10.3. The number of hydrogen-bond donors (Lipinski definition) is 1. The number of benzene rings is 1. The maximum Gasteiger partial charge on any atom is 0.138 e. The summed E-state index contributed by atoms with van der Waals surface area (Å²) in [4.78, 5) is 0. The summed E-state index contributed by atoms with van der Waals surface area (Å²) in [5, 5.41) is 8.60. The Morgan fingerprint density at radius 3 is 2.94 bits per heavy atom. The molecule has 1 aromatic rings. The average Bonchev–Trinajstić information content (AvgIpc) is 3.19. The first kappa shape index (κ1) is 13.1. The lowest BCUT2D eigenvalue weighted by Crippen LogP contribution is -1.97. The van der Waals surface area contributed by atoms with E-state index in [1.165, 1.54) is 18.9 Å². The van der Waals surface area contributed by atoms with Gasteiger partial charge in [-0.1, -0.05) is 30.7 Å². The smallest absolute Gasteiger partial charge is 0.138 e. The minimum Gasteiger partial charge on any atom is -0.384 e. The van der Waals surface area contributed by atoms with Crippen LogP contribution in [0.15, 0.2) is 18.2 Å². The molecule has 1 saturated carbocycles. The quantitative estimate of drug-likeness (QED) is 0.641. The van der Waals surface area contributed by atoms with Crippen LogP contribution in [0, 0.1) is 23.6 Å². The van der Waals surface area contributed by atoms with E-state index in [2.05, 4.69) is 11.8 Å². The van der Waals surface area contributed by atoms with Gasteiger partial charge >= 0.3 is 0 Å². The molecule has 0 radical (unpaired) electrons. The Balaban J connectivity index is 1.86. The van der Waals surface area contributed by atoms with E-state index in [1.807, 2.05) is 0 Å². The zero-order valence-corrected chi connectivity index (χ0v) is 10.3. The van der Waals surface area contributed by atoms with Gasteiger partial charge in [0.25, 0.3) is 0 Å². The molecule has 1 fully saturated rings. The highest BCUT2D eigenvalue weighted by Crippen LogP contribution is 2.32. The summed E-state index contributed by atoms with van der Waals surface area (Å²) in [5.41, 5.74) is 1.22. The molecule has 0 aromatic heterocycles. The van der Waals surface area contributed by atoms with Gasteiger partial charge in [-0.2, -0.15) is 0 Å². The Hall–Kier alpha value is -1.37. The SMILES string of the molecule is OCC#Cc1cc(COCCC2CC2)ccc1F. The molecule has 2 nitrogen and oxygen atoms in total. The average molecular weight is 248 g/mol. The number of halogens is 1. The lowest BCUT2D eigenvalue weighted by Gasteiger charge is -2.05. The van der Waals surface area contributed by atoms with Crippen LogP contribution in [0.4, 0.5) is 4.39 Å². The molecule has 0 atom stereocenters. The molecule has 1 aliphatic rings. The standard InChI is InChI=1S/C15H17FO2/c16-15-6-5-13(10-14(15)2-1-8-17)11-18-9-7-12-3-4-12/h5-6,10,12,17H,3-4,7-9,11H2. The minimum absolute atomic E-state index is 0.262. The van der Waals surface area contributed by atoms with E-state index >= 15 is 0 Å². The first-order valence-electron chi connectivity index (χ1n) is 6.25. The fourth-order valence-electron chi connectivity index (χ4n) is 1.74. The van der Waals surface area contributed by atoms with Crippen molar-refractivity contribution in [3.05, 3.63) is 35.1 Å². The van der Waals surface area contributed by atoms with Crippen molar-refractivity contribution in [1.82, 2.24) is 0 Å². The summed E-state index contributed by atoms with van der Waals surface area (Å²) in [6.45, 7) is 0.988. The van der Waals surface area contributed by atoms with Crippen molar-refractivity contribution < 1.29 is 14.2 Å². The normalized spacial score (nSPS) is 14.1. The second-order valence-corrected chi connectivity index (χ2v) is 4.56. The molecular formula is C15H17FO2. The Kier molecular flexibility index (Phi) is 4.74. The molecule has 0 aliphatic heterocycles. The second-order valence-electron chi connectivity index (χ2n) is 4.56. The molecule has 0 unspecified atom stereocenters. The van der Waals surface area contributed by atoms with Crippen molar-refractivity contribution in [3.63, 3.8) is 0 Å². The van der Waals surface area contributed by atoms with Crippen LogP contribution >= 0.6 is 0 Å². The predicted molar refractivity (Wildman–Crippen MR) is 67.4 cm³/mol. The van der Waals surface area contributed by atoms with Crippen LogP contribution < -0.4 is 0 Å². The van der Waals surface area contributed by atoms with Crippen LogP contribution in [0.3, 0.4) is 0 Å². The first-order valence-corrected chi connectivity index (χ1v) is 6.25. The molecule has 0 amide bonds. The molecule has 18 heavy (non-hydrogen) atoms. The van der Waals surface area contributed by atoms with E-state index in [1.54, 1.807) is 12.1 Å². The number of ether oxygens (including phenoxy) is 1. The maximum absolute atomic E-state index is 13.4. The highest BCUT2D eigenvalue weighted by Gasteiger charge is 2.20. The second kappa shape index (κ2) is 6.53. The van der Waals surface area contributed by atoms with Gasteiger partial charge in [-0.05, 0) is 30.0 Å². The van der Waals surface area contributed by atoms with Crippen LogP contribution in [-0.4, -0.2) is 18.3 Å². The highest BCUT2D eigenvalue weighted by atomic mass is 19.1. The van der Waals surface area contributed by atoms with Crippen molar-refractivity contribution in [3.8, 4) is 11.8 Å². The summed E-state index contributed by atoms with van der Waals surface area (Å²) in [6.07, 6.45) is 3.79. The van der Waals surface area contributed by atoms with E-state index in [0.29, 0.717) is 12.2 Å². The van der Waals surface area contributed by atoms with Crippen LogP contribution in [0.2, 0.25) is 0 Å². The molecule has 0 spiro atoms. The lowest BCUT2D eigenvalue weighted by molar-refractivity contribution is 0.115. The van der Waals surface area contributed by atoms with Gasteiger partial charge in [0.1, 0.15) is 12.4 Å². The lowest BCUT2D eigenvalue weighted by atomic mass is 10.1. The van der Waals surface area contributed by atoms with E-state index in [4.69, 9.17) is 9.84 Å². The topological polar surface area (TPSA) is 29.5 Å². The fraction of sp³-hybridized carbons (Fsp3) is 0.467. The molecule has 2 rings (SSSR count). The van der Waals surface area contributed by atoms with Gasteiger partial charge < -0.3 is 9.84 Å². The zero-order chi connectivity index (χ0) is 12.8. The van der Waals surface area contributed by atoms with Crippen LogP contribution in [0.1, 0.15) is 30.4 Å². The summed E-state index contributed by atoms with van der Waals surface area (Å²) in [5.74, 6) is 5.54. The van der Waals surface area contributed by atoms with Crippen LogP contribution in [0.5, 0.6) is 0 Å².